The third-order valence-electron chi connectivity index (χ3n) is 5.28. The molecule has 150 valence electrons. The number of carbonyl (C=O) groups excluding carboxylic acids is 1. The van der Waals surface area contributed by atoms with Crippen molar-refractivity contribution in [1.82, 2.24) is 20.1 Å². The van der Waals surface area contributed by atoms with E-state index in [1.165, 1.54) is 36.7 Å². The molecule has 2 aliphatic rings. The van der Waals surface area contributed by atoms with Crippen LogP contribution in [0.1, 0.15) is 38.5 Å². The highest BCUT2D eigenvalue weighted by Gasteiger charge is 2.23. The molecule has 1 saturated heterocycles. The molecule has 0 radical (unpaired) electrons. The maximum Gasteiger partial charge on any atom is 0.230 e. The Bertz CT molecular complexity index is 799. The summed E-state index contributed by atoms with van der Waals surface area (Å²) in [4.78, 5) is 12.3. The predicted octanol–water partition coefficient (Wildman–Crippen LogP) is 3.41. The molecule has 1 atom stereocenters. The molecule has 1 amide bonds. The minimum atomic E-state index is -0.285. The molecule has 2 aromatic rings. The van der Waals surface area contributed by atoms with Crippen molar-refractivity contribution >= 4 is 17.7 Å². The van der Waals surface area contributed by atoms with Gasteiger partial charge in [-0.15, -0.1) is 10.2 Å². The molecule has 28 heavy (non-hydrogen) atoms. The summed E-state index contributed by atoms with van der Waals surface area (Å²) in [7, 11) is 0. The number of ether oxygens (including phenoxy) is 1. The number of thioether (sulfide) groups is 1. The lowest BCUT2D eigenvalue weighted by atomic mass is 10.2. The molecule has 1 N–H and O–H groups in total. The molecule has 0 bridgehead atoms. The Balaban J connectivity index is 1.48. The Labute approximate surface area is 168 Å². The summed E-state index contributed by atoms with van der Waals surface area (Å²) in [5, 5.41) is 12.4. The Hall–Kier alpha value is -1.93. The topological polar surface area (TPSA) is 69.0 Å². The second-order valence-electron chi connectivity index (χ2n) is 7.40. The number of aromatic nitrogens is 3. The lowest BCUT2D eigenvalue weighted by Crippen LogP contribution is -2.33. The Morgan fingerprint density at radius 1 is 1.18 bits per heavy atom. The maximum atomic E-state index is 13.3. The summed E-state index contributed by atoms with van der Waals surface area (Å²) in [5.74, 6) is 0.733. The molecular formula is C20H25FN4O2S. The van der Waals surface area contributed by atoms with Gasteiger partial charge in [-0.05, 0) is 49.9 Å². The maximum absolute atomic E-state index is 13.3. The molecule has 1 aromatic carbocycles. The van der Waals surface area contributed by atoms with Gasteiger partial charge in [0.05, 0.1) is 18.4 Å². The van der Waals surface area contributed by atoms with Crippen molar-refractivity contribution in [3.05, 3.63) is 30.1 Å². The van der Waals surface area contributed by atoms with Crippen LogP contribution in [-0.4, -0.2) is 45.2 Å². The van der Waals surface area contributed by atoms with Crippen LogP contribution in [0, 0.1) is 5.82 Å². The quantitative estimate of drug-likeness (QED) is 0.716. The zero-order valence-electron chi connectivity index (χ0n) is 15.8. The van der Waals surface area contributed by atoms with E-state index in [0.717, 1.165) is 37.9 Å². The molecule has 1 aliphatic carbocycles. The van der Waals surface area contributed by atoms with Gasteiger partial charge in [0.25, 0.3) is 0 Å². The first-order valence-electron chi connectivity index (χ1n) is 9.92. The Kier molecular flexibility index (Phi) is 6.26. The highest BCUT2D eigenvalue weighted by atomic mass is 32.2. The predicted molar refractivity (Wildman–Crippen MR) is 106 cm³/mol. The number of benzene rings is 1. The molecule has 4 rings (SSSR count). The van der Waals surface area contributed by atoms with Crippen LogP contribution < -0.4 is 5.32 Å². The van der Waals surface area contributed by atoms with Crippen LogP contribution in [0.4, 0.5) is 4.39 Å². The Morgan fingerprint density at radius 3 is 2.68 bits per heavy atom. The number of nitrogens with zero attached hydrogens (tertiary/aromatic N) is 3. The molecule has 0 unspecified atom stereocenters. The van der Waals surface area contributed by atoms with Gasteiger partial charge >= 0.3 is 0 Å². The van der Waals surface area contributed by atoms with Gasteiger partial charge in [0.1, 0.15) is 5.82 Å². The minimum Gasteiger partial charge on any atom is -0.376 e. The van der Waals surface area contributed by atoms with E-state index >= 15 is 0 Å². The van der Waals surface area contributed by atoms with Gasteiger partial charge in [-0.25, -0.2) is 4.39 Å². The van der Waals surface area contributed by atoms with Crippen molar-refractivity contribution in [2.45, 2.75) is 62.4 Å². The van der Waals surface area contributed by atoms with Crippen LogP contribution >= 0.6 is 11.8 Å². The lowest BCUT2D eigenvalue weighted by molar-refractivity contribution is -0.119. The SMILES string of the molecule is O=C(CSc1nnc(-c2ccc(F)cc2)n1C[C@H]1CCCO1)NC1CCCC1. The van der Waals surface area contributed by atoms with Gasteiger partial charge in [-0.2, -0.15) is 0 Å². The highest BCUT2D eigenvalue weighted by Crippen LogP contribution is 2.27. The van der Waals surface area contributed by atoms with Crippen LogP contribution in [0.15, 0.2) is 29.4 Å². The monoisotopic (exact) mass is 404 g/mol. The van der Waals surface area contributed by atoms with E-state index in [2.05, 4.69) is 15.5 Å². The molecule has 2 heterocycles. The molecule has 2 fully saturated rings. The third-order valence-corrected chi connectivity index (χ3v) is 6.25. The molecule has 1 aliphatic heterocycles. The summed E-state index contributed by atoms with van der Waals surface area (Å²) in [6, 6.07) is 6.55. The molecule has 1 aromatic heterocycles. The van der Waals surface area contributed by atoms with E-state index in [0.29, 0.717) is 29.3 Å². The number of amides is 1. The fourth-order valence-electron chi connectivity index (χ4n) is 3.83. The molecule has 6 nitrogen and oxygen atoms in total. The van der Waals surface area contributed by atoms with E-state index < -0.39 is 0 Å². The summed E-state index contributed by atoms with van der Waals surface area (Å²) >= 11 is 1.39. The first-order valence-corrected chi connectivity index (χ1v) is 10.9. The van der Waals surface area contributed by atoms with E-state index in [1.54, 1.807) is 12.1 Å². The Morgan fingerprint density at radius 2 is 1.96 bits per heavy atom. The smallest absolute Gasteiger partial charge is 0.230 e. The number of halogens is 1. The second-order valence-corrected chi connectivity index (χ2v) is 8.34. The van der Waals surface area contributed by atoms with Gasteiger partial charge < -0.3 is 10.1 Å². The van der Waals surface area contributed by atoms with Crippen LogP contribution in [0.25, 0.3) is 11.4 Å². The largest absolute Gasteiger partial charge is 0.376 e. The standard InChI is InChI=1S/C20H25FN4O2S/c21-15-9-7-14(8-10-15)19-23-24-20(25(19)12-17-6-3-11-27-17)28-13-18(26)22-16-4-1-2-5-16/h7-10,16-17H,1-6,11-13H2,(H,22,26)/t17-/m1/s1. The molecule has 0 spiro atoms. The van der Waals surface area contributed by atoms with E-state index in [9.17, 15) is 9.18 Å². The van der Waals surface area contributed by atoms with E-state index in [-0.39, 0.29) is 17.8 Å². The summed E-state index contributed by atoms with van der Waals surface area (Å²) in [6.07, 6.45) is 6.67. The average molecular weight is 405 g/mol. The van der Waals surface area contributed by atoms with Crippen molar-refractivity contribution in [3.8, 4) is 11.4 Å². The second kappa shape index (κ2) is 9.05. The molecule has 8 heteroatoms. The fourth-order valence-corrected chi connectivity index (χ4v) is 4.59. The van der Waals surface area contributed by atoms with Gasteiger partial charge in [0.2, 0.25) is 5.91 Å². The highest BCUT2D eigenvalue weighted by molar-refractivity contribution is 7.99. The first-order chi connectivity index (χ1) is 13.7. The number of nitrogens with one attached hydrogen (secondary N) is 1. The first kappa shape index (κ1) is 19.4. The van der Waals surface area contributed by atoms with Crippen molar-refractivity contribution < 1.29 is 13.9 Å². The number of hydrogen-bond acceptors (Lipinski definition) is 5. The van der Waals surface area contributed by atoms with E-state index in [4.69, 9.17) is 4.74 Å². The van der Waals surface area contributed by atoms with Crippen LogP contribution in [0.3, 0.4) is 0 Å². The van der Waals surface area contributed by atoms with Crippen LogP contribution in [-0.2, 0) is 16.1 Å². The number of hydrogen-bond donors (Lipinski definition) is 1. The normalized spacial score (nSPS) is 20.0. The minimum absolute atomic E-state index is 0.0342. The fraction of sp³-hybridized carbons (Fsp3) is 0.550. The van der Waals surface area contributed by atoms with E-state index in [1.807, 2.05) is 4.57 Å². The zero-order chi connectivity index (χ0) is 19.3. The summed E-state index contributed by atoms with van der Waals surface area (Å²) < 4.78 is 21.1. The van der Waals surface area contributed by atoms with Gasteiger partial charge in [-0.3, -0.25) is 9.36 Å². The van der Waals surface area contributed by atoms with Crippen molar-refractivity contribution in [2.75, 3.05) is 12.4 Å². The number of rotatable bonds is 7. The van der Waals surface area contributed by atoms with Gasteiger partial charge in [-0.1, -0.05) is 24.6 Å². The van der Waals surface area contributed by atoms with Crippen molar-refractivity contribution in [2.24, 2.45) is 0 Å². The van der Waals surface area contributed by atoms with Gasteiger partial charge in [0, 0.05) is 18.2 Å². The molecular weight excluding hydrogens is 379 g/mol. The van der Waals surface area contributed by atoms with Crippen LogP contribution in [0.5, 0.6) is 0 Å². The van der Waals surface area contributed by atoms with Crippen LogP contribution in [0.2, 0.25) is 0 Å². The third kappa shape index (κ3) is 4.72. The zero-order valence-corrected chi connectivity index (χ0v) is 16.6. The van der Waals surface area contributed by atoms with Crippen molar-refractivity contribution in [1.29, 1.82) is 0 Å². The molecule has 1 saturated carbocycles. The van der Waals surface area contributed by atoms with Gasteiger partial charge in [0.15, 0.2) is 11.0 Å². The van der Waals surface area contributed by atoms with Crippen molar-refractivity contribution in [3.63, 3.8) is 0 Å². The average Bonchev–Trinajstić information content (AvgIpc) is 3.44. The summed E-state index contributed by atoms with van der Waals surface area (Å²) in [6.45, 7) is 1.40. The summed E-state index contributed by atoms with van der Waals surface area (Å²) in [5.41, 5.74) is 0.800. The lowest BCUT2D eigenvalue weighted by Gasteiger charge is -2.15. The number of carbonyl (C=O) groups is 1.